The highest BCUT2D eigenvalue weighted by molar-refractivity contribution is 6.32. The molecule has 1 heterocycles. The van der Waals surface area contributed by atoms with Crippen molar-refractivity contribution in [3.63, 3.8) is 0 Å². The zero-order chi connectivity index (χ0) is 15.9. The van der Waals surface area contributed by atoms with Crippen molar-refractivity contribution in [3.8, 4) is 11.5 Å². The largest absolute Gasteiger partial charge is 0.495 e. The fourth-order valence-electron chi connectivity index (χ4n) is 1.80. The van der Waals surface area contributed by atoms with Crippen molar-refractivity contribution in [3.05, 3.63) is 47.2 Å². The smallest absolute Gasteiger partial charge is 0.319 e. The van der Waals surface area contributed by atoms with Crippen LogP contribution >= 0.6 is 11.6 Å². The quantitative estimate of drug-likeness (QED) is 0.887. The zero-order valence-corrected chi connectivity index (χ0v) is 13.0. The molecule has 1 aromatic heterocycles. The first-order chi connectivity index (χ1) is 10.6. The summed E-state index contributed by atoms with van der Waals surface area (Å²) in [4.78, 5) is 16.1. The molecule has 0 saturated carbocycles. The summed E-state index contributed by atoms with van der Waals surface area (Å²) in [5.41, 5.74) is 1.22. The highest BCUT2D eigenvalue weighted by Crippen LogP contribution is 2.35. The molecule has 7 heteroatoms. The van der Waals surface area contributed by atoms with Crippen LogP contribution in [0.1, 0.15) is 5.69 Å². The maximum absolute atomic E-state index is 12.0. The third kappa shape index (κ3) is 4.02. The second kappa shape index (κ2) is 7.51. The van der Waals surface area contributed by atoms with Crippen molar-refractivity contribution in [2.45, 2.75) is 6.54 Å². The minimum Gasteiger partial charge on any atom is -0.495 e. The van der Waals surface area contributed by atoms with Gasteiger partial charge in [0.2, 0.25) is 0 Å². The van der Waals surface area contributed by atoms with Gasteiger partial charge in [-0.2, -0.15) is 0 Å². The number of hydrogen-bond donors (Lipinski definition) is 2. The Labute approximate surface area is 133 Å². The van der Waals surface area contributed by atoms with E-state index < -0.39 is 0 Å². The maximum atomic E-state index is 12.0. The molecule has 0 aliphatic carbocycles. The predicted molar refractivity (Wildman–Crippen MR) is 84.7 cm³/mol. The van der Waals surface area contributed by atoms with Gasteiger partial charge in [0, 0.05) is 18.3 Å². The summed E-state index contributed by atoms with van der Waals surface area (Å²) in [6.45, 7) is 0.319. The molecule has 0 radical (unpaired) electrons. The van der Waals surface area contributed by atoms with Gasteiger partial charge in [-0.3, -0.25) is 4.98 Å². The molecular formula is C15H16ClN3O3. The molecule has 0 aliphatic heterocycles. The van der Waals surface area contributed by atoms with E-state index in [9.17, 15) is 4.79 Å². The Bertz CT molecular complexity index is 650. The summed E-state index contributed by atoms with van der Waals surface area (Å²) in [5.74, 6) is 0.890. The Morgan fingerprint density at radius 1 is 1.23 bits per heavy atom. The van der Waals surface area contributed by atoms with Crippen molar-refractivity contribution in [1.82, 2.24) is 10.3 Å². The van der Waals surface area contributed by atoms with Crippen LogP contribution in [-0.4, -0.2) is 25.2 Å². The first-order valence-electron chi connectivity index (χ1n) is 6.50. The van der Waals surface area contributed by atoms with Gasteiger partial charge in [-0.1, -0.05) is 17.7 Å². The number of pyridine rings is 1. The average Bonchev–Trinajstić information content (AvgIpc) is 2.55. The van der Waals surface area contributed by atoms with Crippen molar-refractivity contribution in [2.75, 3.05) is 19.5 Å². The number of carbonyl (C=O) groups is 1. The molecule has 1 aromatic carbocycles. The first-order valence-corrected chi connectivity index (χ1v) is 6.88. The minimum absolute atomic E-state index is 0.319. The van der Waals surface area contributed by atoms with Gasteiger partial charge < -0.3 is 20.1 Å². The molecule has 0 aliphatic rings. The van der Waals surface area contributed by atoms with Gasteiger partial charge >= 0.3 is 6.03 Å². The fourth-order valence-corrected chi connectivity index (χ4v) is 2.03. The molecule has 0 saturated heterocycles. The number of benzene rings is 1. The summed E-state index contributed by atoms with van der Waals surface area (Å²) in [7, 11) is 2.99. The molecule has 6 nitrogen and oxygen atoms in total. The normalized spacial score (nSPS) is 9.95. The van der Waals surface area contributed by atoms with Crippen LogP contribution in [0.2, 0.25) is 5.02 Å². The number of halogens is 1. The number of nitrogens with zero attached hydrogens (tertiary/aromatic N) is 1. The molecule has 0 atom stereocenters. The summed E-state index contributed by atoms with van der Waals surface area (Å²) < 4.78 is 10.3. The van der Waals surface area contributed by atoms with E-state index in [0.717, 1.165) is 5.69 Å². The van der Waals surface area contributed by atoms with Crippen LogP contribution in [0, 0.1) is 0 Å². The van der Waals surface area contributed by atoms with Gasteiger partial charge in [-0.25, -0.2) is 4.79 Å². The summed E-state index contributed by atoms with van der Waals surface area (Å²) in [6.07, 6.45) is 1.67. The van der Waals surface area contributed by atoms with Crippen molar-refractivity contribution < 1.29 is 14.3 Å². The lowest BCUT2D eigenvalue weighted by Gasteiger charge is -2.13. The molecule has 0 fully saturated rings. The topological polar surface area (TPSA) is 72.5 Å². The number of nitrogens with one attached hydrogen (secondary N) is 2. The Morgan fingerprint density at radius 2 is 2.00 bits per heavy atom. The lowest BCUT2D eigenvalue weighted by molar-refractivity contribution is 0.251. The SMILES string of the molecule is COc1cc(NC(=O)NCc2ccccn2)c(OC)cc1Cl. The van der Waals surface area contributed by atoms with Crippen LogP contribution in [0.15, 0.2) is 36.5 Å². The predicted octanol–water partition coefficient (Wildman–Crippen LogP) is 3.07. The van der Waals surface area contributed by atoms with Crippen molar-refractivity contribution in [2.24, 2.45) is 0 Å². The highest BCUT2D eigenvalue weighted by atomic mass is 35.5. The molecule has 0 spiro atoms. The van der Waals surface area contributed by atoms with E-state index in [-0.39, 0.29) is 6.03 Å². The van der Waals surface area contributed by atoms with E-state index in [1.807, 2.05) is 18.2 Å². The lowest BCUT2D eigenvalue weighted by atomic mass is 10.2. The number of aromatic nitrogens is 1. The molecule has 2 rings (SSSR count). The van der Waals surface area contributed by atoms with E-state index in [4.69, 9.17) is 21.1 Å². The van der Waals surface area contributed by atoms with E-state index in [2.05, 4.69) is 15.6 Å². The molecule has 0 unspecified atom stereocenters. The van der Waals surface area contributed by atoms with Gasteiger partial charge in [0.25, 0.3) is 0 Å². The summed E-state index contributed by atoms with van der Waals surface area (Å²) in [5, 5.41) is 5.80. The third-order valence-electron chi connectivity index (χ3n) is 2.88. The number of carbonyl (C=O) groups excluding carboxylic acids is 1. The fraction of sp³-hybridized carbons (Fsp3) is 0.200. The second-order valence-corrected chi connectivity index (χ2v) is 4.72. The third-order valence-corrected chi connectivity index (χ3v) is 3.17. The monoisotopic (exact) mass is 321 g/mol. The number of ether oxygens (including phenoxy) is 2. The Kier molecular flexibility index (Phi) is 5.43. The van der Waals surface area contributed by atoms with Crippen LogP contribution in [0.3, 0.4) is 0 Å². The standard InChI is InChI=1S/C15H16ClN3O3/c1-21-13-8-12(14(22-2)7-11(13)16)19-15(20)18-9-10-5-3-4-6-17-10/h3-8H,9H2,1-2H3,(H2,18,19,20). The van der Waals surface area contributed by atoms with E-state index in [1.165, 1.54) is 14.2 Å². The zero-order valence-electron chi connectivity index (χ0n) is 12.2. The Balaban J connectivity index is 2.04. The molecule has 2 N–H and O–H groups in total. The lowest BCUT2D eigenvalue weighted by Crippen LogP contribution is -2.28. The van der Waals surface area contributed by atoms with Gasteiger partial charge in [-0.15, -0.1) is 0 Å². The van der Waals surface area contributed by atoms with Crippen LogP contribution in [-0.2, 0) is 6.54 Å². The van der Waals surface area contributed by atoms with E-state index in [0.29, 0.717) is 28.8 Å². The van der Waals surface area contributed by atoms with Crippen LogP contribution < -0.4 is 20.1 Å². The Hall–Kier alpha value is -2.47. The first kappa shape index (κ1) is 15.9. The number of anilines is 1. The maximum Gasteiger partial charge on any atom is 0.319 e. The highest BCUT2D eigenvalue weighted by Gasteiger charge is 2.12. The van der Waals surface area contributed by atoms with E-state index >= 15 is 0 Å². The number of methoxy groups -OCH3 is 2. The van der Waals surface area contributed by atoms with Gasteiger partial charge in [-0.05, 0) is 12.1 Å². The Morgan fingerprint density at radius 3 is 2.64 bits per heavy atom. The summed E-state index contributed by atoms with van der Waals surface area (Å²) >= 11 is 6.02. The van der Waals surface area contributed by atoms with E-state index in [1.54, 1.807) is 18.3 Å². The van der Waals surface area contributed by atoms with Gasteiger partial charge in [0.05, 0.1) is 37.2 Å². The number of amides is 2. The van der Waals surface area contributed by atoms with Gasteiger partial charge in [0.1, 0.15) is 11.5 Å². The van der Waals surface area contributed by atoms with Gasteiger partial charge in [0.15, 0.2) is 0 Å². The molecule has 22 heavy (non-hydrogen) atoms. The van der Waals surface area contributed by atoms with Crippen molar-refractivity contribution in [1.29, 1.82) is 0 Å². The molecule has 2 amide bonds. The van der Waals surface area contributed by atoms with Crippen molar-refractivity contribution >= 4 is 23.3 Å². The van der Waals surface area contributed by atoms with Crippen LogP contribution in [0.5, 0.6) is 11.5 Å². The number of rotatable bonds is 5. The molecular weight excluding hydrogens is 306 g/mol. The molecule has 2 aromatic rings. The average molecular weight is 322 g/mol. The summed E-state index contributed by atoms with van der Waals surface area (Å²) in [6, 6.07) is 8.29. The molecule has 116 valence electrons. The second-order valence-electron chi connectivity index (χ2n) is 4.32. The van der Waals surface area contributed by atoms with Crippen LogP contribution in [0.25, 0.3) is 0 Å². The minimum atomic E-state index is -0.381. The van der Waals surface area contributed by atoms with Crippen LogP contribution in [0.4, 0.5) is 10.5 Å². The number of hydrogen-bond acceptors (Lipinski definition) is 4. The number of urea groups is 1. The molecule has 0 bridgehead atoms.